The number of anilines is 1. The molecular weight excluding hydrogens is 344 g/mol. The largest absolute Gasteiger partial charge is 0.331 e. The summed E-state index contributed by atoms with van der Waals surface area (Å²) in [6.45, 7) is 2.89. The van der Waals surface area contributed by atoms with Crippen molar-refractivity contribution < 1.29 is 4.79 Å². The first-order chi connectivity index (χ1) is 13.0. The molecule has 2 heterocycles. The number of nitrogens with zero attached hydrogens (tertiary/aromatic N) is 3. The average Bonchev–Trinajstić information content (AvgIpc) is 2.93. The molecule has 3 rings (SSSR count). The summed E-state index contributed by atoms with van der Waals surface area (Å²) in [5, 5.41) is 2.87. The van der Waals surface area contributed by atoms with Crippen molar-refractivity contribution in [2.24, 2.45) is 14.1 Å². The predicted octanol–water partition coefficient (Wildman–Crippen LogP) is 1.71. The van der Waals surface area contributed by atoms with Crippen LogP contribution in [0.4, 0.5) is 5.69 Å². The summed E-state index contributed by atoms with van der Waals surface area (Å²) in [5.41, 5.74) is 0.765. The van der Waals surface area contributed by atoms with Crippen LogP contribution in [0.1, 0.15) is 41.7 Å². The number of nitrogens with one attached hydrogen (secondary N) is 1. The fourth-order valence-corrected chi connectivity index (χ4v) is 3.45. The van der Waals surface area contributed by atoms with Crippen molar-refractivity contribution in [1.82, 2.24) is 14.0 Å². The monoisotopic (exact) mass is 370 g/mol. The van der Waals surface area contributed by atoms with Gasteiger partial charge in [0.2, 0.25) is 0 Å². The van der Waals surface area contributed by atoms with Crippen LogP contribution in [0.25, 0.3) is 0 Å². The molecule has 1 aromatic heterocycles. The van der Waals surface area contributed by atoms with Crippen LogP contribution in [-0.4, -0.2) is 33.0 Å². The van der Waals surface area contributed by atoms with Crippen LogP contribution in [0.15, 0.2) is 39.9 Å². The lowest BCUT2D eigenvalue weighted by molar-refractivity contribution is 0.101. The fourth-order valence-electron chi connectivity index (χ4n) is 3.45. The van der Waals surface area contributed by atoms with E-state index in [-0.39, 0.29) is 5.69 Å². The van der Waals surface area contributed by atoms with E-state index in [1.54, 1.807) is 0 Å². The van der Waals surface area contributed by atoms with Crippen molar-refractivity contribution in [3.63, 3.8) is 0 Å². The van der Waals surface area contributed by atoms with Crippen LogP contribution < -0.4 is 16.6 Å². The van der Waals surface area contributed by atoms with Gasteiger partial charge in [0, 0.05) is 32.4 Å². The Morgan fingerprint density at radius 1 is 1.00 bits per heavy atom. The molecule has 0 saturated carbocycles. The van der Waals surface area contributed by atoms with Gasteiger partial charge in [-0.2, -0.15) is 0 Å². The lowest BCUT2D eigenvalue weighted by Gasteiger charge is -2.21. The zero-order chi connectivity index (χ0) is 19.4. The predicted molar refractivity (Wildman–Crippen MR) is 105 cm³/mol. The Morgan fingerprint density at radius 3 is 2.37 bits per heavy atom. The molecule has 0 spiro atoms. The number of likely N-dealkylation sites (tertiary alicyclic amines) is 1. The summed E-state index contributed by atoms with van der Waals surface area (Å²) in [7, 11) is 2.88. The Bertz CT molecular complexity index is 937. The van der Waals surface area contributed by atoms with Crippen LogP contribution in [0.3, 0.4) is 0 Å². The molecule has 0 radical (unpaired) electrons. The maximum absolute atomic E-state index is 12.7. The molecule has 0 aliphatic carbocycles. The SMILES string of the molecule is Cn1c(C(=O)Nc2ccccc2CN2CCCCCC2)cc(=O)n(C)c1=O. The Morgan fingerprint density at radius 2 is 1.67 bits per heavy atom. The molecule has 144 valence electrons. The minimum atomic E-state index is -0.523. The highest BCUT2D eigenvalue weighted by atomic mass is 16.2. The molecule has 7 heteroatoms. The molecule has 0 atom stereocenters. The van der Waals surface area contributed by atoms with Crippen molar-refractivity contribution in [3.05, 3.63) is 62.4 Å². The zero-order valence-electron chi connectivity index (χ0n) is 15.9. The first-order valence-electron chi connectivity index (χ1n) is 9.36. The van der Waals surface area contributed by atoms with Crippen LogP contribution in [-0.2, 0) is 20.6 Å². The highest BCUT2D eigenvalue weighted by Crippen LogP contribution is 2.20. The van der Waals surface area contributed by atoms with Crippen LogP contribution in [0.2, 0.25) is 0 Å². The van der Waals surface area contributed by atoms with Gasteiger partial charge in [-0.05, 0) is 37.6 Å². The van der Waals surface area contributed by atoms with E-state index in [0.29, 0.717) is 5.69 Å². The second kappa shape index (κ2) is 8.35. The Labute approximate surface area is 158 Å². The minimum absolute atomic E-state index is 0.0488. The number of para-hydroxylation sites is 1. The van der Waals surface area contributed by atoms with Crippen LogP contribution >= 0.6 is 0 Å². The second-order valence-corrected chi connectivity index (χ2v) is 7.07. The molecule has 1 aliphatic rings. The third-order valence-electron chi connectivity index (χ3n) is 5.12. The quantitative estimate of drug-likeness (QED) is 0.889. The summed E-state index contributed by atoms with van der Waals surface area (Å²) in [6.07, 6.45) is 4.94. The van der Waals surface area contributed by atoms with Crippen molar-refractivity contribution in [1.29, 1.82) is 0 Å². The van der Waals surface area contributed by atoms with Gasteiger partial charge >= 0.3 is 5.69 Å². The van der Waals surface area contributed by atoms with Crippen molar-refractivity contribution in [3.8, 4) is 0 Å². The number of carbonyl (C=O) groups is 1. The molecule has 1 aliphatic heterocycles. The van der Waals surface area contributed by atoms with E-state index in [9.17, 15) is 14.4 Å². The van der Waals surface area contributed by atoms with Gasteiger partial charge in [-0.25, -0.2) is 4.79 Å². The van der Waals surface area contributed by atoms with Gasteiger partial charge in [-0.1, -0.05) is 31.0 Å². The summed E-state index contributed by atoms with van der Waals surface area (Å²) in [5.74, 6) is -0.462. The third-order valence-corrected chi connectivity index (χ3v) is 5.12. The minimum Gasteiger partial charge on any atom is -0.320 e. The lowest BCUT2D eigenvalue weighted by Crippen LogP contribution is -2.40. The van der Waals surface area contributed by atoms with E-state index in [1.165, 1.54) is 50.4 Å². The standard InChI is InChI=1S/C20H26N4O3/c1-22-17(13-18(25)23(2)20(22)27)19(26)21-16-10-6-5-9-15(16)14-24-11-7-3-4-8-12-24/h5-6,9-10,13H,3-4,7-8,11-12,14H2,1-2H3,(H,21,26). The van der Waals surface area contributed by atoms with Crippen molar-refractivity contribution in [2.75, 3.05) is 18.4 Å². The van der Waals surface area contributed by atoms with Crippen molar-refractivity contribution >= 4 is 11.6 Å². The molecule has 1 saturated heterocycles. The molecule has 0 unspecified atom stereocenters. The van der Waals surface area contributed by atoms with Gasteiger partial charge in [-0.15, -0.1) is 0 Å². The Kier molecular flexibility index (Phi) is 5.91. The smallest absolute Gasteiger partial charge is 0.320 e. The van der Waals surface area contributed by atoms with Crippen LogP contribution in [0.5, 0.6) is 0 Å². The molecule has 2 aromatic rings. The first kappa shape index (κ1) is 19.1. The number of hydrogen-bond donors (Lipinski definition) is 1. The highest BCUT2D eigenvalue weighted by Gasteiger charge is 2.16. The topological polar surface area (TPSA) is 76.3 Å². The summed E-state index contributed by atoms with van der Waals surface area (Å²) in [4.78, 5) is 39.1. The fraction of sp³-hybridized carbons (Fsp3) is 0.450. The third kappa shape index (κ3) is 4.36. The maximum Gasteiger partial charge on any atom is 0.331 e. The van der Waals surface area contributed by atoms with Gasteiger partial charge < -0.3 is 5.32 Å². The second-order valence-electron chi connectivity index (χ2n) is 7.07. The molecule has 1 amide bonds. The zero-order valence-corrected chi connectivity index (χ0v) is 15.9. The normalized spacial score (nSPS) is 15.3. The maximum atomic E-state index is 12.7. The van der Waals surface area contributed by atoms with Gasteiger partial charge in [0.25, 0.3) is 11.5 Å². The number of carbonyl (C=O) groups excluding carboxylic acids is 1. The summed E-state index contributed by atoms with van der Waals surface area (Å²) in [6, 6.07) is 8.86. The number of hydrogen-bond acceptors (Lipinski definition) is 4. The van der Waals surface area contributed by atoms with Crippen LogP contribution in [0, 0.1) is 0 Å². The van der Waals surface area contributed by atoms with Gasteiger partial charge in [0.1, 0.15) is 5.69 Å². The molecule has 0 bridgehead atoms. The molecule has 27 heavy (non-hydrogen) atoms. The van der Waals surface area contributed by atoms with E-state index in [0.717, 1.165) is 29.8 Å². The lowest BCUT2D eigenvalue weighted by atomic mass is 10.1. The van der Waals surface area contributed by atoms with Gasteiger partial charge in [0.15, 0.2) is 0 Å². The molecule has 1 fully saturated rings. The van der Waals surface area contributed by atoms with E-state index in [1.807, 2.05) is 24.3 Å². The first-order valence-corrected chi connectivity index (χ1v) is 9.36. The molecular formula is C20H26N4O3. The van der Waals surface area contributed by atoms with Gasteiger partial charge in [0.05, 0.1) is 0 Å². The Hall–Kier alpha value is -2.67. The van der Waals surface area contributed by atoms with E-state index < -0.39 is 17.2 Å². The average molecular weight is 370 g/mol. The number of amides is 1. The van der Waals surface area contributed by atoms with E-state index >= 15 is 0 Å². The summed E-state index contributed by atoms with van der Waals surface area (Å²) < 4.78 is 2.16. The number of aromatic nitrogens is 2. The Balaban J connectivity index is 1.83. The number of rotatable bonds is 4. The highest BCUT2D eigenvalue weighted by molar-refractivity contribution is 6.03. The number of benzene rings is 1. The van der Waals surface area contributed by atoms with Gasteiger partial charge in [-0.3, -0.25) is 23.6 Å². The molecule has 1 aromatic carbocycles. The van der Waals surface area contributed by atoms with E-state index in [4.69, 9.17) is 0 Å². The van der Waals surface area contributed by atoms with Crippen molar-refractivity contribution in [2.45, 2.75) is 32.2 Å². The molecule has 7 nitrogen and oxygen atoms in total. The summed E-state index contributed by atoms with van der Waals surface area (Å²) >= 11 is 0. The van der Waals surface area contributed by atoms with E-state index in [2.05, 4.69) is 10.2 Å². The molecule has 1 N–H and O–H groups in total.